The minimum absolute atomic E-state index is 0. The predicted molar refractivity (Wildman–Crippen MR) is 72.1 cm³/mol. The van der Waals surface area contributed by atoms with Gasteiger partial charge in [0.25, 0.3) is 0 Å². The van der Waals surface area contributed by atoms with Crippen LogP contribution >= 0.6 is 0 Å². The van der Waals surface area contributed by atoms with E-state index in [0.717, 1.165) is 13.0 Å². The number of unbranched alkanes of at least 4 members (excludes halogenated alkanes) is 2. The second-order valence-corrected chi connectivity index (χ2v) is 6.02. The predicted octanol–water partition coefficient (Wildman–Crippen LogP) is 3.87. The molecule has 0 aromatic rings. The van der Waals surface area contributed by atoms with Crippen LogP contribution in [0, 0.1) is 18.8 Å². The van der Waals surface area contributed by atoms with Crippen molar-refractivity contribution in [1.29, 1.82) is 0 Å². The van der Waals surface area contributed by atoms with Crippen LogP contribution in [0.4, 0.5) is 0 Å². The number of nitrogens with zero attached hydrogens (tertiary/aromatic N) is 1. The average Bonchev–Trinajstić information content (AvgIpc) is 2.19. The van der Waals surface area contributed by atoms with Gasteiger partial charge in [0.15, 0.2) is 0 Å². The zero-order valence-electron chi connectivity index (χ0n) is 11.8. The van der Waals surface area contributed by atoms with Crippen molar-refractivity contribution in [3.8, 4) is 0 Å². The summed E-state index contributed by atoms with van der Waals surface area (Å²) in [5, 5.41) is 0. The van der Waals surface area contributed by atoms with Crippen molar-refractivity contribution >= 4 is 0 Å². The molecule has 0 saturated carbocycles. The van der Waals surface area contributed by atoms with Crippen molar-refractivity contribution in [2.45, 2.75) is 46.5 Å². The molecule has 1 heterocycles. The van der Waals surface area contributed by atoms with Crippen molar-refractivity contribution in [3.63, 3.8) is 0 Å². The molecule has 0 saturated heterocycles. The molecule has 2 heteroatoms. The standard InChI is InChI=1S/C15H27N.Y/c1-5-6-7-8-14-9-11-16(12-10-14)13-15(2,3)4;/h8-9H,1,5-7,10-13H2,2-4H3;/q-2;. The van der Waals surface area contributed by atoms with Crippen LogP contribution in [0.1, 0.15) is 46.5 Å². The van der Waals surface area contributed by atoms with Crippen LogP contribution in [0.2, 0.25) is 0 Å². The summed E-state index contributed by atoms with van der Waals surface area (Å²) in [6.07, 6.45) is 9.52. The topological polar surface area (TPSA) is 3.24 Å². The van der Waals surface area contributed by atoms with E-state index in [9.17, 15) is 0 Å². The fraction of sp³-hybridized carbons (Fsp3) is 0.733. The summed E-state index contributed by atoms with van der Waals surface area (Å²) in [6, 6.07) is 0. The van der Waals surface area contributed by atoms with Gasteiger partial charge in [0.2, 0.25) is 0 Å². The SMILES string of the molecule is [CH2-]CCC[CH-]C1=CCN(CC(C)(C)C)CC1.[Y]. The van der Waals surface area contributed by atoms with Crippen molar-refractivity contribution in [1.82, 2.24) is 4.90 Å². The molecular formula is C15H27NY-2. The zero-order chi connectivity index (χ0) is 12.0. The molecule has 0 atom stereocenters. The molecule has 97 valence electrons. The maximum Gasteiger partial charge on any atom is 0.00171 e. The quantitative estimate of drug-likeness (QED) is 0.550. The summed E-state index contributed by atoms with van der Waals surface area (Å²) in [7, 11) is 0. The van der Waals surface area contributed by atoms with Crippen molar-refractivity contribution < 1.29 is 32.7 Å². The number of rotatable bonds is 5. The molecule has 0 spiro atoms. The molecule has 0 unspecified atom stereocenters. The van der Waals surface area contributed by atoms with Gasteiger partial charge in [-0.3, -0.25) is 0 Å². The van der Waals surface area contributed by atoms with E-state index in [0.29, 0.717) is 5.41 Å². The second kappa shape index (κ2) is 8.72. The van der Waals surface area contributed by atoms with Crippen LogP contribution in [0.25, 0.3) is 0 Å². The summed E-state index contributed by atoms with van der Waals surface area (Å²) in [6.45, 7) is 14.4. The largest absolute Gasteiger partial charge is 0.343 e. The molecule has 1 nitrogen and oxygen atoms in total. The fourth-order valence-electron chi connectivity index (χ4n) is 2.16. The molecule has 1 radical (unpaired) electrons. The van der Waals surface area contributed by atoms with Gasteiger partial charge in [-0.1, -0.05) is 27.2 Å². The third-order valence-corrected chi connectivity index (χ3v) is 2.89. The first-order chi connectivity index (χ1) is 7.51. The normalized spacial score (nSPS) is 17.3. The monoisotopic (exact) mass is 310 g/mol. The van der Waals surface area contributed by atoms with Gasteiger partial charge in [-0.15, -0.1) is 6.42 Å². The molecule has 1 aliphatic heterocycles. The van der Waals surface area contributed by atoms with Crippen LogP contribution in [0.5, 0.6) is 0 Å². The Labute approximate surface area is 133 Å². The van der Waals surface area contributed by atoms with Crippen molar-refractivity contribution in [2.24, 2.45) is 5.41 Å². The second-order valence-electron chi connectivity index (χ2n) is 6.02. The Bertz CT molecular complexity index is 228. The van der Waals surface area contributed by atoms with E-state index in [1.807, 2.05) is 0 Å². The van der Waals surface area contributed by atoms with E-state index in [2.05, 4.69) is 45.1 Å². The van der Waals surface area contributed by atoms with E-state index < -0.39 is 0 Å². The van der Waals surface area contributed by atoms with Gasteiger partial charge in [-0.2, -0.15) is 6.42 Å². The van der Waals surface area contributed by atoms with Gasteiger partial charge in [0, 0.05) is 39.3 Å². The molecule has 0 amide bonds. The van der Waals surface area contributed by atoms with Gasteiger partial charge in [-0.05, 0) is 24.9 Å². The summed E-state index contributed by atoms with van der Waals surface area (Å²) >= 11 is 0. The Balaban J connectivity index is 0.00000256. The van der Waals surface area contributed by atoms with Gasteiger partial charge in [0.1, 0.15) is 0 Å². The first-order valence-electron chi connectivity index (χ1n) is 6.55. The van der Waals surface area contributed by atoms with E-state index in [-0.39, 0.29) is 32.7 Å². The van der Waals surface area contributed by atoms with Gasteiger partial charge in [0.05, 0.1) is 0 Å². The molecular weight excluding hydrogens is 283 g/mol. The first kappa shape index (κ1) is 17.7. The van der Waals surface area contributed by atoms with E-state index >= 15 is 0 Å². The smallest absolute Gasteiger partial charge is 0.00171 e. The van der Waals surface area contributed by atoms with Gasteiger partial charge >= 0.3 is 0 Å². The zero-order valence-corrected chi connectivity index (χ0v) is 14.7. The third-order valence-electron chi connectivity index (χ3n) is 2.89. The summed E-state index contributed by atoms with van der Waals surface area (Å²) < 4.78 is 0. The van der Waals surface area contributed by atoms with Crippen molar-refractivity contribution in [2.75, 3.05) is 19.6 Å². The van der Waals surface area contributed by atoms with E-state index in [1.165, 1.54) is 32.4 Å². The third kappa shape index (κ3) is 8.40. The number of hydrogen-bond donors (Lipinski definition) is 0. The van der Waals surface area contributed by atoms with Gasteiger partial charge in [-0.25, -0.2) is 18.1 Å². The molecule has 17 heavy (non-hydrogen) atoms. The minimum Gasteiger partial charge on any atom is -0.343 e. The molecule has 0 fully saturated rings. The number of hydrogen-bond acceptors (Lipinski definition) is 1. The molecule has 1 rings (SSSR count). The van der Waals surface area contributed by atoms with Crippen LogP contribution < -0.4 is 0 Å². The van der Waals surface area contributed by atoms with Crippen LogP contribution in [0.3, 0.4) is 0 Å². The fourth-order valence-corrected chi connectivity index (χ4v) is 2.16. The van der Waals surface area contributed by atoms with Crippen LogP contribution in [0.15, 0.2) is 11.6 Å². The molecule has 0 aromatic heterocycles. The summed E-state index contributed by atoms with van der Waals surface area (Å²) in [5.41, 5.74) is 1.97. The Morgan fingerprint density at radius 3 is 2.59 bits per heavy atom. The Kier molecular flexibility index (Phi) is 9.07. The van der Waals surface area contributed by atoms with Crippen LogP contribution in [-0.2, 0) is 32.7 Å². The molecule has 0 N–H and O–H groups in total. The Morgan fingerprint density at radius 2 is 2.12 bits per heavy atom. The molecule has 0 aliphatic carbocycles. The van der Waals surface area contributed by atoms with Crippen molar-refractivity contribution in [3.05, 3.63) is 25.0 Å². The van der Waals surface area contributed by atoms with E-state index in [1.54, 1.807) is 5.57 Å². The maximum absolute atomic E-state index is 3.87. The summed E-state index contributed by atoms with van der Waals surface area (Å²) in [5.74, 6) is 0. The Hall–Kier alpha value is 0.674. The molecule has 1 aliphatic rings. The first-order valence-corrected chi connectivity index (χ1v) is 6.55. The van der Waals surface area contributed by atoms with Crippen LogP contribution in [-0.4, -0.2) is 24.5 Å². The summed E-state index contributed by atoms with van der Waals surface area (Å²) in [4.78, 5) is 2.55. The van der Waals surface area contributed by atoms with Gasteiger partial charge < -0.3 is 11.8 Å². The minimum atomic E-state index is 0. The Morgan fingerprint density at radius 1 is 1.41 bits per heavy atom. The molecule has 0 aromatic carbocycles. The maximum atomic E-state index is 3.87. The molecule has 0 bridgehead atoms. The van der Waals surface area contributed by atoms with E-state index in [4.69, 9.17) is 0 Å². The average molecular weight is 310 g/mol.